The number of hydrogen-bond acceptors (Lipinski definition) is 5. The molecule has 0 spiro atoms. The molecule has 2 heterocycles. The van der Waals surface area contributed by atoms with E-state index < -0.39 is 11.9 Å². The molecular weight excluding hydrogens is 368 g/mol. The molecule has 0 radical (unpaired) electrons. The van der Waals surface area contributed by atoms with E-state index in [0.717, 1.165) is 22.2 Å². The topological polar surface area (TPSA) is 60.8 Å². The first-order chi connectivity index (χ1) is 14.1. The van der Waals surface area contributed by atoms with Gasteiger partial charge in [0.1, 0.15) is 11.9 Å². The van der Waals surface area contributed by atoms with Crippen LogP contribution in [0.25, 0.3) is 17.0 Å². The monoisotopic (exact) mass is 388 g/mol. The summed E-state index contributed by atoms with van der Waals surface area (Å²) in [4.78, 5) is 26.5. The highest BCUT2D eigenvalue weighted by Crippen LogP contribution is 2.38. The standard InChI is InChI=1S/C23H20N2O4/c1-28-22(26)15-20(23(27)29-2)25-19-10-6-4-7-16(19)11-12-21(25)24-14-13-17-8-3-5-9-18(17)24/h3-15,21H,1-2H3/b20-15+. The quantitative estimate of drug-likeness (QED) is 0.501. The number of methoxy groups -OCH3 is 2. The van der Waals surface area contributed by atoms with Gasteiger partial charge in [-0.15, -0.1) is 0 Å². The number of ether oxygens (including phenoxy) is 2. The largest absolute Gasteiger partial charge is 0.466 e. The number of rotatable bonds is 4. The molecule has 0 bridgehead atoms. The Bertz CT molecular complexity index is 1140. The lowest BCUT2D eigenvalue weighted by atomic mass is 10.0. The Labute approximate surface area is 168 Å². The maximum absolute atomic E-state index is 12.7. The zero-order valence-corrected chi connectivity index (χ0v) is 16.1. The average Bonchev–Trinajstić information content (AvgIpc) is 3.20. The van der Waals surface area contributed by atoms with Crippen molar-refractivity contribution >= 4 is 34.6 Å². The van der Waals surface area contributed by atoms with Gasteiger partial charge in [0.2, 0.25) is 0 Å². The van der Waals surface area contributed by atoms with E-state index in [9.17, 15) is 9.59 Å². The van der Waals surface area contributed by atoms with Crippen LogP contribution in [0.1, 0.15) is 11.7 Å². The number of carbonyl (C=O) groups is 2. The first-order valence-electron chi connectivity index (χ1n) is 9.14. The van der Waals surface area contributed by atoms with E-state index in [1.54, 1.807) is 4.90 Å². The van der Waals surface area contributed by atoms with E-state index in [-0.39, 0.29) is 11.9 Å². The Morgan fingerprint density at radius 2 is 1.72 bits per heavy atom. The van der Waals surface area contributed by atoms with Gasteiger partial charge in [0, 0.05) is 6.20 Å². The van der Waals surface area contributed by atoms with Gasteiger partial charge >= 0.3 is 11.9 Å². The van der Waals surface area contributed by atoms with Crippen LogP contribution in [0.2, 0.25) is 0 Å². The first-order valence-corrected chi connectivity index (χ1v) is 9.14. The van der Waals surface area contributed by atoms with Crippen molar-refractivity contribution in [2.24, 2.45) is 0 Å². The molecule has 0 saturated heterocycles. The molecule has 0 saturated carbocycles. The Kier molecular flexibility index (Phi) is 4.91. The van der Waals surface area contributed by atoms with Gasteiger partial charge in [-0.2, -0.15) is 0 Å². The molecule has 1 aliphatic heterocycles. The van der Waals surface area contributed by atoms with E-state index in [4.69, 9.17) is 9.47 Å². The van der Waals surface area contributed by atoms with Gasteiger partial charge in [-0.25, -0.2) is 9.59 Å². The number of esters is 2. The molecule has 6 nitrogen and oxygen atoms in total. The van der Waals surface area contributed by atoms with Crippen molar-refractivity contribution < 1.29 is 19.1 Å². The summed E-state index contributed by atoms with van der Waals surface area (Å²) in [5.41, 5.74) is 2.82. The number of fused-ring (bicyclic) bond motifs is 2. The zero-order valence-electron chi connectivity index (χ0n) is 16.1. The van der Waals surface area contributed by atoms with Gasteiger partial charge < -0.3 is 18.9 Å². The highest BCUT2D eigenvalue weighted by Gasteiger charge is 2.32. The van der Waals surface area contributed by atoms with Crippen LogP contribution in [0, 0.1) is 0 Å². The predicted molar refractivity (Wildman–Crippen MR) is 111 cm³/mol. The molecule has 29 heavy (non-hydrogen) atoms. The third-order valence-electron chi connectivity index (χ3n) is 4.93. The summed E-state index contributed by atoms with van der Waals surface area (Å²) in [5.74, 6) is -1.25. The lowest BCUT2D eigenvalue weighted by Crippen LogP contribution is -2.36. The summed E-state index contributed by atoms with van der Waals surface area (Å²) < 4.78 is 11.8. The van der Waals surface area contributed by atoms with Crippen molar-refractivity contribution in [1.82, 2.24) is 4.57 Å². The summed E-state index contributed by atoms with van der Waals surface area (Å²) in [6.45, 7) is 0. The second kappa shape index (κ2) is 7.67. The molecule has 146 valence electrons. The Hall–Kier alpha value is -3.80. The summed E-state index contributed by atoms with van der Waals surface area (Å²) in [6, 6.07) is 17.7. The van der Waals surface area contributed by atoms with Gasteiger partial charge in [-0.05, 0) is 35.2 Å². The van der Waals surface area contributed by atoms with Gasteiger partial charge in [0.05, 0.1) is 31.5 Å². The third kappa shape index (κ3) is 3.29. The molecular formula is C23H20N2O4. The number of anilines is 1. The molecule has 1 aromatic heterocycles. The molecule has 0 fully saturated rings. The fourth-order valence-corrected chi connectivity index (χ4v) is 3.59. The maximum Gasteiger partial charge on any atom is 0.355 e. The van der Waals surface area contributed by atoms with Crippen molar-refractivity contribution in [2.45, 2.75) is 6.17 Å². The average molecular weight is 388 g/mol. The molecule has 6 heteroatoms. The third-order valence-corrected chi connectivity index (χ3v) is 4.93. The van der Waals surface area contributed by atoms with Crippen LogP contribution in [-0.4, -0.2) is 30.7 Å². The second-order valence-electron chi connectivity index (χ2n) is 6.53. The van der Waals surface area contributed by atoms with Crippen LogP contribution in [0.15, 0.2) is 78.6 Å². The molecule has 2 aromatic carbocycles. The number of aromatic nitrogens is 1. The van der Waals surface area contributed by atoms with Gasteiger partial charge in [-0.1, -0.05) is 42.5 Å². The smallest absolute Gasteiger partial charge is 0.355 e. The molecule has 0 amide bonds. The number of para-hydroxylation sites is 2. The molecule has 0 aliphatic carbocycles. The molecule has 1 atom stereocenters. The van der Waals surface area contributed by atoms with Gasteiger partial charge in [0.25, 0.3) is 0 Å². The number of nitrogens with zero attached hydrogens (tertiary/aromatic N) is 2. The normalized spacial score (nSPS) is 15.9. The fourth-order valence-electron chi connectivity index (χ4n) is 3.59. The zero-order chi connectivity index (χ0) is 20.4. The minimum Gasteiger partial charge on any atom is -0.466 e. The van der Waals surface area contributed by atoms with E-state index in [1.807, 2.05) is 72.9 Å². The van der Waals surface area contributed by atoms with Crippen molar-refractivity contribution in [3.63, 3.8) is 0 Å². The maximum atomic E-state index is 12.7. The Balaban J connectivity index is 1.94. The van der Waals surface area contributed by atoms with Crippen LogP contribution in [0.4, 0.5) is 5.69 Å². The Morgan fingerprint density at radius 3 is 2.52 bits per heavy atom. The van der Waals surface area contributed by atoms with Crippen LogP contribution >= 0.6 is 0 Å². The van der Waals surface area contributed by atoms with Crippen molar-refractivity contribution in [3.05, 3.63) is 84.2 Å². The minimum atomic E-state index is -0.631. The molecule has 4 rings (SSSR count). The number of hydrogen-bond donors (Lipinski definition) is 0. The molecule has 0 N–H and O–H groups in total. The van der Waals surface area contributed by atoms with Crippen molar-refractivity contribution in [1.29, 1.82) is 0 Å². The summed E-state index contributed by atoms with van der Waals surface area (Å²) >= 11 is 0. The fraction of sp³-hybridized carbons (Fsp3) is 0.130. The van der Waals surface area contributed by atoms with Gasteiger partial charge in [0.15, 0.2) is 0 Å². The minimum absolute atomic E-state index is 0.0962. The van der Waals surface area contributed by atoms with E-state index in [0.29, 0.717) is 0 Å². The van der Waals surface area contributed by atoms with Crippen molar-refractivity contribution in [2.75, 3.05) is 19.1 Å². The van der Waals surface area contributed by atoms with Crippen LogP contribution in [0.3, 0.4) is 0 Å². The predicted octanol–water partition coefficient (Wildman–Crippen LogP) is 3.90. The highest BCUT2D eigenvalue weighted by atomic mass is 16.5. The van der Waals surface area contributed by atoms with E-state index in [1.165, 1.54) is 20.3 Å². The Morgan fingerprint density at radius 1 is 0.966 bits per heavy atom. The lowest BCUT2D eigenvalue weighted by Gasteiger charge is -2.37. The first kappa shape index (κ1) is 18.6. The molecule has 3 aromatic rings. The molecule has 1 aliphatic rings. The number of benzene rings is 2. The summed E-state index contributed by atoms with van der Waals surface area (Å²) in [5, 5.41) is 1.08. The summed E-state index contributed by atoms with van der Waals surface area (Å²) in [6.07, 6.45) is 6.76. The summed E-state index contributed by atoms with van der Waals surface area (Å²) in [7, 11) is 2.56. The van der Waals surface area contributed by atoms with Crippen LogP contribution in [0.5, 0.6) is 0 Å². The van der Waals surface area contributed by atoms with E-state index in [2.05, 4.69) is 4.57 Å². The highest BCUT2D eigenvalue weighted by molar-refractivity contribution is 6.00. The molecule has 1 unspecified atom stereocenters. The van der Waals surface area contributed by atoms with E-state index >= 15 is 0 Å². The van der Waals surface area contributed by atoms with Crippen molar-refractivity contribution in [3.8, 4) is 0 Å². The number of carbonyl (C=O) groups excluding carboxylic acids is 2. The lowest BCUT2D eigenvalue weighted by molar-refractivity contribution is -0.138. The SMILES string of the molecule is COC(=O)/C=C(\C(=O)OC)N1c2ccccc2C=CC1n1ccc2ccccc21. The second-order valence-corrected chi connectivity index (χ2v) is 6.53. The van der Waals surface area contributed by atoms with Crippen LogP contribution in [-0.2, 0) is 19.1 Å². The van der Waals surface area contributed by atoms with Gasteiger partial charge in [-0.3, -0.25) is 0 Å². The van der Waals surface area contributed by atoms with Crippen LogP contribution < -0.4 is 4.90 Å².